The summed E-state index contributed by atoms with van der Waals surface area (Å²) in [4.78, 5) is 12.3. The summed E-state index contributed by atoms with van der Waals surface area (Å²) < 4.78 is 0. The molecule has 0 fully saturated rings. The molecule has 0 radical (unpaired) electrons. The first-order chi connectivity index (χ1) is 12.1. The number of anilines is 2. The molecule has 0 spiro atoms. The van der Waals surface area contributed by atoms with Crippen LogP contribution in [-0.2, 0) is 0 Å². The molecule has 2 aromatic rings. The zero-order chi connectivity index (χ0) is 18.1. The Balaban J connectivity index is 1.95. The maximum Gasteiger partial charge on any atom is 0.269 e. The fraction of sp³-hybridized carbons (Fsp3) is 0.235. The van der Waals surface area contributed by atoms with Gasteiger partial charge < -0.3 is 4.90 Å². The van der Waals surface area contributed by atoms with Gasteiger partial charge in [0.05, 0.1) is 16.8 Å². The van der Waals surface area contributed by atoms with E-state index in [2.05, 4.69) is 15.4 Å². The molecule has 8 heteroatoms. The summed E-state index contributed by atoms with van der Waals surface area (Å²) in [6.45, 7) is 1.48. The monoisotopic (exact) mass is 380 g/mol. The van der Waals surface area contributed by atoms with Crippen LogP contribution >= 0.6 is 23.2 Å². The minimum absolute atomic E-state index is 0.0450. The molecule has 0 saturated heterocycles. The molecule has 0 aliphatic rings. The Morgan fingerprint density at radius 1 is 1.04 bits per heavy atom. The van der Waals surface area contributed by atoms with E-state index < -0.39 is 4.92 Å². The van der Waals surface area contributed by atoms with Crippen molar-refractivity contribution >= 4 is 46.5 Å². The first-order valence-electron chi connectivity index (χ1n) is 7.64. The van der Waals surface area contributed by atoms with Gasteiger partial charge in [-0.1, -0.05) is 12.1 Å². The van der Waals surface area contributed by atoms with Gasteiger partial charge in [0.1, 0.15) is 0 Å². The average Bonchev–Trinajstić information content (AvgIpc) is 2.62. The van der Waals surface area contributed by atoms with Gasteiger partial charge in [0.2, 0.25) is 0 Å². The largest absolute Gasteiger partial charge is 0.369 e. The number of alkyl halides is 2. The predicted octanol–water partition coefficient (Wildman–Crippen LogP) is 4.32. The number of rotatable bonds is 9. The molecule has 0 unspecified atom stereocenters. The molecule has 132 valence electrons. The van der Waals surface area contributed by atoms with Gasteiger partial charge in [0.15, 0.2) is 0 Å². The van der Waals surface area contributed by atoms with Crippen LogP contribution in [0.1, 0.15) is 5.56 Å². The summed E-state index contributed by atoms with van der Waals surface area (Å²) in [6, 6.07) is 13.9. The number of hydrogen-bond donors (Lipinski definition) is 1. The molecule has 1 N–H and O–H groups in total. The number of hydrazone groups is 1. The number of halogens is 2. The third-order valence-electron chi connectivity index (χ3n) is 3.45. The Labute approximate surface area is 156 Å². The molecule has 0 amide bonds. The van der Waals surface area contributed by atoms with Gasteiger partial charge in [-0.3, -0.25) is 15.5 Å². The van der Waals surface area contributed by atoms with Gasteiger partial charge in [-0.15, -0.1) is 23.2 Å². The van der Waals surface area contributed by atoms with Crippen molar-refractivity contribution < 1.29 is 4.92 Å². The number of nitrogens with one attached hydrogen (secondary N) is 1. The molecule has 25 heavy (non-hydrogen) atoms. The minimum atomic E-state index is -0.438. The van der Waals surface area contributed by atoms with Crippen molar-refractivity contribution in [2.24, 2.45) is 5.10 Å². The summed E-state index contributed by atoms with van der Waals surface area (Å²) in [5.41, 5.74) is 5.54. The van der Waals surface area contributed by atoms with Crippen molar-refractivity contribution in [3.05, 3.63) is 64.2 Å². The molecule has 2 rings (SSSR count). The van der Waals surface area contributed by atoms with Crippen LogP contribution in [0.4, 0.5) is 17.1 Å². The van der Waals surface area contributed by atoms with Crippen LogP contribution < -0.4 is 10.3 Å². The molecular formula is C17H18Cl2N4O2. The van der Waals surface area contributed by atoms with Crippen molar-refractivity contribution in [1.29, 1.82) is 0 Å². The predicted molar refractivity (Wildman–Crippen MR) is 104 cm³/mol. The second-order valence-electron chi connectivity index (χ2n) is 5.13. The highest BCUT2D eigenvalue weighted by Gasteiger charge is 2.05. The van der Waals surface area contributed by atoms with Crippen molar-refractivity contribution in [1.82, 2.24) is 0 Å². The van der Waals surface area contributed by atoms with Crippen molar-refractivity contribution in [3.8, 4) is 0 Å². The van der Waals surface area contributed by atoms with E-state index in [0.29, 0.717) is 17.4 Å². The Morgan fingerprint density at radius 2 is 1.64 bits per heavy atom. The molecule has 0 aromatic heterocycles. The van der Waals surface area contributed by atoms with Gasteiger partial charge in [0, 0.05) is 42.7 Å². The molecule has 6 nitrogen and oxygen atoms in total. The van der Waals surface area contributed by atoms with Crippen LogP contribution in [0.25, 0.3) is 0 Å². The first kappa shape index (κ1) is 19.0. The Hall–Kier alpha value is -2.31. The highest BCUT2D eigenvalue weighted by atomic mass is 35.5. The maximum atomic E-state index is 10.6. The Morgan fingerprint density at radius 3 is 2.16 bits per heavy atom. The summed E-state index contributed by atoms with van der Waals surface area (Å²) in [6.07, 6.45) is 1.68. The van der Waals surface area contributed by atoms with Crippen LogP contribution in [0.5, 0.6) is 0 Å². The van der Waals surface area contributed by atoms with Gasteiger partial charge in [0.25, 0.3) is 5.69 Å². The number of non-ortho nitro benzene ring substituents is 1. The lowest BCUT2D eigenvalue weighted by Crippen LogP contribution is -2.27. The van der Waals surface area contributed by atoms with Crippen LogP contribution in [0.15, 0.2) is 53.6 Å². The lowest BCUT2D eigenvalue weighted by atomic mass is 10.2. The van der Waals surface area contributed by atoms with Gasteiger partial charge in [-0.05, 0) is 29.8 Å². The van der Waals surface area contributed by atoms with E-state index in [1.807, 2.05) is 24.3 Å². The fourth-order valence-electron chi connectivity index (χ4n) is 2.18. The highest BCUT2D eigenvalue weighted by Crippen LogP contribution is 2.16. The lowest BCUT2D eigenvalue weighted by molar-refractivity contribution is -0.384. The van der Waals surface area contributed by atoms with E-state index in [1.165, 1.54) is 12.1 Å². The van der Waals surface area contributed by atoms with Crippen LogP contribution in [0, 0.1) is 10.1 Å². The summed E-state index contributed by atoms with van der Waals surface area (Å²) in [5.74, 6) is 1.08. The van der Waals surface area contributed by atoms with Gasteiger partial charge in [-0.2, -0.15) is 5.10 Å². The van der Waals surface area contributed by atoms with Crippen molar-refractivity contribution in [2.75, 3.05) is 35.2 Å². The van der Waals surface area contributed by atoms with E-state index in [4.69, 9.17) is 23.2 Å². The molecule has 2 aromatic carbocycles. The van der Waals surface area contributed by atoms with E-state index in [0.717, 1.165) is 24.3 Å². The number of nitro groups is 1. The lowest BCUT2D eigenvalue weighted by Gasteiger charge is -2.22. The van der Waals surface area contributed by atoms with E-state index >= 15 is 0 Å². The second-order valence-corrected chi connectivity index (χ2v) is 5.89. The zero-order valence-corrected chi connectivity index (χ0v) is 15.0. The topological polar surface area (TPSA) is 70.8 Å². The Kier molecular flexibility index (Phi) is 7.50. The third-order valence-corrected chi connectivity index (χ3v) is 3.79. The van der Waals surface area contributed by atoms with Crippen LogP contribution in [0.3, 0.4) is 0 Å². The number of nitrogens with zero attached hydrogens (tertiary/aromatic N) is 3. The van der Waals surface area contributed by atoms with E-state index in [-0.39, 0.29) is 5.69 Å². The maximum absolute atomic E-state index is 10.6. The van der Waals surface area contributed by atoms with Crippen LogP contribution in [0.2, 0.25) is 0 Å². The molecule has 0 bridgehead atoms. The summed E-state index contributed by atoms with van der Waals surface area (Å²) >= 11 is 11.6. The molecule has 0 saturated carbocycles. The molecule has 0 aliphatic carbocycles. The average molecular weight is 381 g/mol. The number of nitro benzene ring substituents is 1. The standard InChI is InChI=1S/C17H18Cl2N4O2/c18-9-11-22(12-10-19)16-5-1-14(2-6-16)13-20-21-15-3-7-17(8-4-15)23(24)25/h1-8,13,21H,9-12H2/b20-13-. The SMILES string of the molecule is O=[N+]([O-])c1ccc(N/N=C\c2ccc(N(CCCl)CCCl)cc2)cc1. The summed E-state index contributed by atoms with van der Waals surface area (Å²) in [5, 5.41) is 14.7. The summed E-state index contributed by atoms with van der Waals surface area (Å²) in [7, 11) is 0. The quantitative estimate of drug-likeness (QED) is 0.304. The van der Waals surface area contributed by atoms with E-state index in [1.54, 1.807) is 18.3 Å². The number of benzene rings is 2. The Bertz CT molecular complexity index is 700. The molecular weight excluding hydrogens is 363 g/mol. The molecule has 0 heterocycles. The van der Waals surface area contributed by atoms with Crippen molar-refractivity contribution in [3.63, 3.8) is 0 Å². The van der Waals surface area contributed by atoms with Gasteiger partial charge >= 0.3 is 0 Å². The smallest absolute Gasteiger partial charge is 0.269 e. The molecule has 0 atom stereocenters. The van der Waals surface area contributed by atoms with Gasteiger partial charge in [-0.25, -0.2) is 0 Å². The van der Waals surface area contributed by atoms with Crippen molar-refractivity contribution in [2.45, 2.75) is 0 Å². The minimum Gasteiger partial charge on any atom is -0.369 e. The van der Waals surface area contributed by atoms with E-state index in [9.17, 15) is 10.1 Å². The molecule has 0 aliphatic heterocycles. The normalized spacial score (nSPS) is 10.8. The fourth-order valence-corrected chi connectivity index (χ4v) is 2.59. The first-order valence-corrected chi connectivity index (χ1v) is 8.71. The van der Waals surface area contributed by atoms with Crippen LogP contribution in [-0.4, -0.2) is 36.0 Å². The zero-order valence-electron chi connectivity index (χ0n) is 13.4. The third kappa shape index (κ3) is 5.92. The second kappa shape index (κ2) is 9.86. The number of hydrogen-bond acceptors (Lipinski definition) is 5. The highest BCUT2D eigenvalue weighted by molar-refractivity contribution is 6.18.